The minimum atomic E-state index is -4.09. The van der Waals surface area contributed by atoms with E-state index < -0.39 is 15.5 Å². The van der Waals surface area contributed by atoms with Crippen LogP contribution in [-0.4, -0.2) is 30.7 Å². The molecule has 0 radical (unpaired) electrons. The molecule has 2 heterocycles. The fourth-order valence-electron chi connectivity index (χ4n) is 3.14. The number of hydrogen-bond donors (Lipinski definition) is 2. The lowest BCUT2D eigenvalue weighted by Crippen LogP contribution is -2.26. The molecule has 3 N–H and O–H groups in total. The zero-order chi connectivity index (χ0) is 17.3. The topological polar surface area (TPSA) is 94.2 Å². The molecule has 24 heavy (non-hydrogen) atoms. The second-order valence-electron chi connectivity index (χ2n) is 5.84. The molecular weight excluding hydrogens is 350 g/mol. The maximum atomic E-state index is 11.7. The Kier molecular flexibility index (Phi) is 4.78. The molecule has 2 aromatic rings. The molecule has 1 aromatic heterocycles. The molecule has 1 saturated heterocycles. The van der Waals surface area contributed by atoms with Gasteiger partial charge in [-0.3, -0.25) is 4.79 Å². The van der Waals surface area contributed by atoms with Gasteiger partial charge in [-0.05, 0) is 60.6 Å². The number of rotatable bonds is 4. The van der Waals surface area contributed by atoms with Gasteiger partial charge in [-0.15, -0.1) is 0 Å². The van der Waals surface area contributed by atoms with E-state index in [1.807, 2.05) is 24.3 Å². The molecule has 0 atom stereocenters. The van der Waals surface area contributed by atoms with E-state index in [1.54, 1.807) is 0 Å². The van der Waals surface area contributed by atoms with Crippen molar-refractivity contribution in [2.45, 2.75) is 18.8 Å². The molecule has 0 aliphatic carbocycles. The van der Waals surface area contributed by atoms with E-state index >= 15 is 0 Å². The highest BCUT2D eigenvalue weighted by Crippen LogP contribution is 2.30. The van der Waals surface area contributed by atoms with Crippen LogP contribution in [-0.2, 0) is 10.2 Å². The first-order chi connectivity index (χ1) is 11.4. The van der Waals surface area contributed by atoms with Crippen LogP contribution in [0.2, 0.25) is 0 Å². The van der Waals surface area contributed by atoms with Crippen LogP contribution in [0.5, 0.6) is 0 Å². The number of hydrogen-bond acceptors (Lipinski definition) is 4. The molecule has 0 saturated carbocycles. The number of halogens is 1. The molecule has 1 fully saturated rings. The van der Waals surface area contributed by atoms with Gasteiger partial charge in [-0.25, -0.2) is 9.11 Å². The van der Waals surface area contributed by atoms with Crippen LogP contribution in [0.4, 0.5) is 0 Å². The van der Waals surface area contributed by atoms with Gasteiger partial charge >= 0.3 is 10.2 Å². The molecule has 3 rings (SSSR count). The van der Waals surface area contributed by atoms with Crippen molar-refractivity contribution in [3.05, 3.63) is 47.8 Å². The number of benzene rings is 1. The quantitative estimate of drug-likeness (QED) is 0.808. The molecule has 0 spiro atoms. The van der Waals surface area contributed by atoms with E-state index in [9.17, 15) is 13.2 Å². The maximum absolute atomic E-state index is 11.7. The molecule has 1 aliphatic heterocycles. The third-order valence-electron chi connectivity index (χ3n) is 4.34. The van der Waals surface area contributed by atoms with Crippen LogP contribution in [0, 0.1) is 0 Å². The summed E-state index contributed by atoms with van der Waals surface area (Å²) in [6.07, 6.45) is 3.42. The van der Waals surface area contributed by atoms with E-state index in [-0.39, 0.29) is 5.69 Å². The van der Waals surface area contributed by atoms with E-state index in [2.05, 4.69) is 5.32 Å². The highest BCUT2D eigenvalue weighted by molar-refractivity contribution is 7.87. The Balaban J connectivity index is 1.97. The third-order valence-corrected chi connectivity index (χ3v) is 5.38. The highest BCUT2D eigenvalue weighted by Gasteiger charge is 2.22. The van der Waals surface area contributed by atoms with Gasteiger partial charge in [0.1, 0.15) is 5.69 Å². The summed E-state index contributed by atoms with van der Waals surface area (Å²) in [7, 11) is -4.09. The van der Waals surface area contributed by atoms with Crippen molar-refractivity contribution in [1.82, 2.24) is 9.29 Å². The average molecular weight is 368 g/mol. The third kappa shape index (κ3) is 3.39. The minimum absolute atomic E-state index is 0.145. The number of carbonyl (C=O) groups is 1. The van der Waals surface area contributed by atoms with Gasteiger partial charge in [0.2, 0.25) is 0 Å². The number of piperidine rings is 1. The Morgan fingerprint density at radius 2 is 1.79 bits per heavy atom. The van der Waals surface area contributed by atoms with Crippen molar-refractivity contribution >= 4 is 27.1 Å². The Morgan fingerprint density at radius 1 is 1.17 bits per heavy atom. The smallest absolute Gasteiger partial charge is 0.303 e. The van der Waals surface area contributed by atoms with Crippen molar-refractivity contribution in [1.29, 1.82) is 0 Å². The molecule has 0 unspecified atom stereocenters. The monoisotopic (exact) mass is 367 g/mol. The molecule has 6 nitrogen and oxygen atoms in total. The molecule has 8 heteroatoms. The van der Waals surface area contributed by atoms with E-state index in [0.717, 1.165) is 31.5 Å². The number of carbonyl (C=O) groups excluding carboxylic acids is 1. The Hall–Kier alpha value is -1.67. The average Bonchev–Trinajstić information content (AvgIpc) is 3.01. The summed E-state index contributed by atoms with van der Waals surface area (Å²) in [6, 6.07) is 9.32. The molecule has 1 aliphatic rings. The van der Waals surface area contributed by atoms with Crippen LogP contribution in [0.1, 0.15) is 34.8 Å². The van der Waals surface area contributed by atoms with E-state index in [0.29, 0.717) is 15.5 Å². The van der Waals surface area contributed by atoms with Crippen LogP contribution >= 0.6 is 11.6 Å². The van der Waals surface area contributed by atoms with Crippen molar-refractivity contribution < 1.29 is 13.2 Å². The first-order valence-electron chi connectivity index (χ1n) is 7.63. The summed E-state index contributed by atoms with van der Waals surface area (Å²) in [6.45, 7) is 2.02. The first-order valence-corrected chi connectivity index (χ1v) is 9.51. The Morgan fingerprint density at radius 3 is 2.33 bits per heavy atom. The number of aromatic nitrogens is 1. The molecule has 1 aromatic carbocycles. The summed E-state index contributed by atoms with van der Waals surface area (Å²) >= 11 is 5.58. The summed E-state index contributed by atoms with van der Waals surface area (Å²) in [4.78, 5) is 11.7. The number of nitrogens with zero attached hydrogens (tertiary/aromatic N) is 1. The molecule has 0 amide bonds. The van der Waals surface area contributed by atoms with Gasteiger partial charge in [0, 0.05) is 11.8 Å². The zero-order valence-corrected chi connectivity index (χ0v) is 14.5. The zero-order valence-electron chi connectivity index (χ0n) is 12.9. The van der Waals surface area contributed by atoms with Crippen molar-refractivity contribution in [2.75, 3.05) is 13.1 Å². The predicted octanol–water partition coefficient (Wildman–Crippen LogP) is 2.05. The summed E-state index contributed by atoms with van der Waals surface area (Å²) in [5.41, 5.74) is 2.26. The Bertz CT molecular complexity index is 853. The number of nitrogens with one attached hydrogen (secondary N) is 1. The van der Waals surface area contributed by atoms with Gasteiger partial charge in [-0.1, -0.05) is 24.3 Å². The standard InChI is InChI=1S/C16H18ClN3O3S/c17-16(21)15-14(7-10-20(15)24(18,22)23)13-3-1-11(2-4-13)12-5-8-19-9-6-12/h1-4,7,10,12,19H,5-6,8-9H2,(H2,18,22,23). The van der Waals surface area contributed by atoms with Crippen molar-refractivity contribution in [3.63, 3.8) is 0 Å². The summed E-state index contributed by atoms with van der Waals surface area (Å²) < 4.78 is 23.9. The lowest BCUT2D eigenvalue weighted by Gasteiger charge is -2.23. The highest BCUT2D eigenvalue weighted by atomic mass is 35.5. The summed E-state index contributed by atoms with van der Waals surface area (Å²) in [5, 5.41) is 7.59. The normalized spacial score (nSPS) is 16.2. The second kappa shape index (κ2) is 6.68. The molecule has 128 valence electrons. The minimum Gasteiger partial charge on any atom is -0.317 e. The fraction of sp³-hybridized carbons (Fsp3) is 0.312. The van der Waals surface area contributed by atoms with Gasteiger partial charge in [0.25, 0.3) is 5.24 Å². The SMILES string of the molecule is NS(=O)(=O)n1ccc(-c2ccc(C3CCNCC3)cc2)c1C(=O)Cl. The van der Waals surface area contributed by atoms with Gasteiger partial charge in [0.15, 0.2) is 0 Å². The first kappa shape index (κ1) is 17.2. The van der Waals surface area contributed by atoms with Gasteiger partial charge in [0.05, 0.1) is 0 Å². The van der Waals surface area contributed by atoms with Crippen LogP contribution in [0.15, 0.2) is 36.5 Å². The van der Waals surface area contributed by atoms with Gasteiger partial charge in [-0.2, -0.15) is 8.42 Å². The largest absolute Gasteiger partial charge is 0.317 e. The van der Waals surface area contributed by atoms with E-state index in [1.165, 1.54) is 17.8 Å². The fourth-order valence-corrected chi connectivity index (χ4v) is 4.05. The second-order valence-corrected chi connectivity index (χ2v) is 7.61. The van der Waals surface area contributed by atoms with Crippen molar-refractivity contribution in [3.8, 4) is 11.1 Å². The van der Waals surface area contributed by atoms with Crippen LogP contribution in [0.25, 0.3) is 11.1 Å². The number of nitrogens with two attached hydrogens (primary N) is 1. The Labute approximate surface area is 145 Å². The maximum Gasteiger partial charge on any atom is 0.303 e. The molecular formula is C16H18ClN3O3S. The van der Waals surface area contributed by atoms with Crippen LogP contribution < -0.4 is 10.5 Å². The van der Waals surface area contributed by atoms with Crippen molar-refractivity contribution in [2.24, 2.45) is 5.14 Å². The van der Waals surface area contributed by atoms with Crippen LogP contribution in [0.3, 0.4) is 0 Å². The summed E-state index contributed by atoms with van der Waals surface area (Å²) in [5.74, 6) is 0.517. The lowest BCUT2D eigenvalue weighted by molar-refractivity contribution is 0.107. The van der Waals surface area contributed by atoms with E-state index in [4.69, 9.17) is 16.7 Å². The predicted molar refractivity (Wildman–Crippen MR) is 93.4 cm³/mol. The van der Waals surface area contributed by atoms with Gasteiger partial charge < -0.3 is 5.32 Å². The lowest BCUT2D eigenvalue weighted by atomic mass is 9.89. The molecule has 0 bridgehead atoms.